The number of hydrogen-bond acceptors (Lipinski definition) is 2. The summed E-state index contributed by atoms with van der Waals surface area (Å²) in [4.78, 5) is 22.2. The average molecular weight is 226 g/mol. The van der Waals surface area contributed by atoms with Gasteiger partial charge in [-0.1, -0.05) is 6.92 Å². The Morgan fingerprint density at radius 1 is 1.50 bits per heavy atom. The van der Waals surface area contributed by atoms with Crippen LogP contribution in [0.25, 0.3) is 0 Å². The third-order valence-electron chi connectivity index (χ3n) is 2.15. The lowest BCUT2D eigenvalue weighted by molar-refractivity contribution is -0.142. The summed E-state index contributed by atoms with van der Waals surface area (Å²) in [5.41, 5.74) is -1.29. The van der Waals surface area contributed by atoms with E-state index in [4.69, 9.17) is 11.5 Å². The fourth-order valence-corrected chi connectivity index (χ4v) is 0.998. The van der Waals surface area contributed by atoms with E-state index in [9.17, 15) is 9.59 Å². The van der Waals surface area contributed by atoms with E-state index < -0.39 is 17.5 Å². The molecule has 0 aliphatic heterocycles. The SMILES string of the molecule is C#CCC(CC)NC(=O)NC(C)(C)C(=O)O. The van der Waals surface area contributed by atoms with E-state index in [0.29, 0.717) is 12.8 Å². The standard InChI is InChI=1S/C11H18N2O3/c1-5-7-8(6-2)12-10(16)13-11(3,4)9(14)15/h1,8H,6-7H2,2-4H3,(H,14,15)(H2,12,13,16). The van der Waals surface area contributed by atoms with Crippen molar-refractivity contribution >= 4 is 12.0 Å². The minimum absolute atomic E-state index is 0.130. The highest BCUT2D eigenvalue weighted by Gasteiger charge is 2.29. The molecule has 0 bridgehead atoms. The summed E-state index contributed by atoms with van der Waals surface area (Å²) >= 11 is 0. The molecule has 0 spiro atoms. The molecule has 5 nitrogen and oxygen atoms in total. The fraction of sp³-hybridized carbons (Fsp3) is 0.636. The molecule has 1 atom stereocenters. The van der Waals surface area contributed by atoms with Crippen LogP contribution in [0.5, 0.6) is 0 Å². The van der Waals surface area contributed by atoms with Crippen molar-refractivity contribution in [3.8, 4) is 12.3 Å². The smallest absolute Gasteiger partial charge is 0.328 e. The molecule has 0 heterocycles. The first-order chi connectivity index (χ1) is 7.33. The Morgan fingerprint density at radius 2 is 2.06 bits per heavy atom. The monoisotopic (exact) mass is 226 g/mol. The van der Waals surface area contributed by atoms with E-state index in [2.05, 4.69) is 16.6 Å². The first-order valence-corrected chi connectivity index (χ1v) is 5.09. The predicted molar refractivity (Wildman–Crippen MR) is 60.9 cm³/mol. The maximum Gasteiger partial charge on any atom is 0.328 e. The van der Waals surface area contributed by atoms with Gasteiger partial charge >= 0.3 is 12.0 Å². The van der Waals surface area contributed by atoms with Gasteiger partial charge in [-0.15, -0.1) is 12.3 Å². The van der Waals surface area contributed by atoms with Gasteiger partial charge in [-0.3, -0.25) is 0 Å². The van der Waals surface area contributed by atoms with Crippen molar-refractivity contribution in [2.24, 2.45) is 0 Å². The van der Waals surface area contributed by atoms with Crippen LogP contribution in [0.2, 0.25) is 0 Å². The number of aliphatic carboxylic acids is 1. The molecule has 0 saturated carbocycles. The fourth-order valence-electron chi connectivity index (χ4n) is 0.998. The molecule has 0 aliphatic carbocycles. The van der Waals surface area contributed by atoms with Crippen molar-refractivity contribution < 1.29 is 14.7 Å². The number of amides is 2. The molecule has 3 N–H and O–H groups in total. The van der Waals surface area contributed by atoms with Crippen LogP contribution < -0.4 is 10.6 Å². The molecule has 5 heteroatoms. The first-order valence-electron chi connectivity index (χ1n) is 5.09. The molecule has 0 rings (SSSR count). The minimum atomic E-state index is -1.29. The second-order valence-corrected chi connectivity index (χ2v) is 4.04. The summed E-state index contributed by atoms with van der Waals surface area (Å²) in [5.74, 6) is 1.36. The summed E-state index contributed by atoms with van der Waals surface area (Å²) in [6.45, 7) is 4.72. The lowest BCUT2D eigenvalue weighted by atomic mass is 10.1. The van der Waals surface area contributed by atoms with Crippen LogP contribution in [0.3, 0.4) is 0 Å². The quantitative estimate of drug-likeness (QED) is 0.611. The van der Waals surface area contributed by atoms with E-state index in [-0.39, 0.29) is 6.04 Å². The third kappa shape index (κ3) is 4.69. The van der Waals surface area contributed by atoms with Crippen LogP contribution in [0.4, 0.5) is 4.79 Å². The van der Waals surface area contributed by atoms with Crippen LogP contribution in [-0.2, 0) is 4.79 Å². The van der Waals surface area contributed by atoms with Gasteiger partial charge in [0.2, 0.25) is 0 Å². The van der Waals surface area contributed by atoms with E-state index in [1.54, 1.807) is 0 Å². The highest BCUT2D eigenvalue weighted by atomic mass is 16.4. The van der Waals surface area contributed by atoms with E-state index in [0.717, 1.165) is 0 Å². The molecular formula is C11H18N2O3. The summed E-state index contributed by atoms with van der Waals surface area (Å²) in [6, 6.07) is -0.649. The summed E-state index contributed by atoms with van der Waals surface area (Å²) < 4.78 is 0. The van der Waals surface area contributed by atoms with Gasteiger partial charge in [0.15, 0.2) is 0 Å². The molecule has 2 amide bonds. The van der Waals surface area contributed by atoms with Gasteiger partial charge in [0.05, 0.1) is 0 Å². The predicted octanol–water partition coefficient (Wildman–Crippen LogP) is 0.951. The summed E-state index contributed by atoms with van der Waals surface area (Å²) in [5, 5.41) is 13.8. The van der Waals surface area contributed by atoms with Crippen molar-refractivity contribution in [2.45, 2.75) is 45.2 Å². The van der Waals surface area contributed by atoms with Gasteiger partial charge in [-0.25, -0.2) is 9.59 Å². The average Bonchev–Trinajstić information content (AvgIpc) is 2.15. The van der Waals surface area contributed by atoms with Crippen molar-refractivity contribution in [3.63, 3.8) is 0 Å². The van der Waals surface area contributed by atoms with Crippen LogP contribution >= 0.6 is 0 Å². The number of terminal acetylenes is 1. The number of carboxylic acid groups (broad SMARTS) is 1. The second-order valence-electron chi connectivity index (χ2n) is 4.04. The molecule has 0 saturated heterocycles. The number of hydrogen-bond donors (Lipinski definition) is 3. The number of rotatable bonds is 5. The molecule has 16 heavy (non-hydrogen) atoms. The van der Waals surface area contributed by atoms with Crippen LogP contribution in [0.15, 0.2) is 0 Å². The zero-order chi connectivity index (χ0) is 12.8. The van der Waals surface area contributed by atoms with Crippen molar-refractivity contribution in [2.75, 3.05) is 0 Å². The van der Waals surface area contributed by atoms with Crippen molar-refractivity contribution in [1.82, 2.24) is 10.6 Å². The number of carboxylic acids is 1. The van der Waals surface area contributed by atoms with E-state index in [1.807, 2.05) is 6.92 Å². The number of nitrogens with one attached hydrogen (secondary N) is 2. The van der Waals surface area contributed by atoms with Gasteiger partial charge in [-0.2, -0.15) is 0 Å². The highest BCUT2D eigenvalue weighted by Crippen LogP contribution is 2.02. The third-order valence-corrected chi connectivity index (χ3v) is 2.15. The molecule has 0 aromatic carbocycles. The molecular weight excluding hydrogens is 208 g/mol. The zero-order valence-corrected chi connectivity index (χ0v) is 9.83. The Labute approximate surface area is 95.6 Å². The maximum atomic E-state index is 11.5. The molecule has 0 fully saturated rings. The number of carbonyl (C=O) groups excluding carboxylic acids is 1. The molecule has 0 aliphatic rings. The van der Waals surface area contributed by atoms with Gasteiger partial charge in [-0.05, 0) is 20.3 Å². The first kappa shape index (κ1) is 14.3. The summed E-state index contributed by atoms with van der Waals surface area (Å²) in [7, 11) is 0. The van der Waals surface area contributed by atoms with E-state index in [1.165, 1.54) is 13.8 Å². The number of carbonyl (C=O) groups is 2. The lowest BCUT2D eigenvalue weighted by Crippen LogP contribution is -2.54. The normalized spacial score (nSPS) is 12.4. The topological polar surface area (TPSA) is 78.4 Å². The zero-order valence-electron chi connectivity index (χ0n) is 9.83. The van der Waals surface area contributed by atoms with Gasteiger partial charge in [0.25, 0.3) is 0 Å². The van der Waals surface area contributed by atoms with Gasteiger partial charge < -0.3 is 15.7 Å². The molecule has 90 valence electrons. The lowest BCUT2D eigenvalue weighted by Gasteiger charge is -2.23. The van der Waals surface area contributed by atoms with Crippen LogP contribution in [-0.4, -0.2) is 28.7 Å². The number of urea groups is 1. The maximum absolute atomic E-state index is 11.5. The van der Waals surface area contributed by atoms with Gasteiger partial charge in [0.1, 0.15) is 5.54 Å². The van der Waals surface area contributed by atoms with Gasteiger partial charge in [0, 0.05) is 12.5 Å². The minimum Gasteiger partial charge on any atom is -0.480 e. The Hall–Kier alpha value is -1.70. The Balaban J connectivity index is 4.28. The second kappa shape index (κ2) is 6.01. The van der Waals surface area contributed by atoms with Crippen molar-refractivity contribution in [3.05, 3.63) is 0 Å². The Bertz CT molecular complexity index is 305. The Kier molecular flexibility index (Phi) is 5.37. The molecule has 1 unspecified atom stereocenters. The summed E-state index contributed by atoms with van der Waals surface area (Å²) in [6.07, 6.45) is 6.27. The molecule has 0 aromatic rings. The van der Waals surface area contributed by atoms with Crippen LogP contribution in [0, 0.1) is 12.3 Å². The highest BCUT2D eigenvalue weighted by molar-refractivity contribution is 5.85. The molecule has 0 aromatic heterocycles. The van der Waals surface area contributed by atoms with Crippen LogP contribution in [0.1, 0.15) is 33.6 Å². The van der Waals surface area contributed by atoms with Crippen molar-refractivity contribution in [1.29, 1.82) is 0 Å². The largest absolute Gasteiger partial charge is 0.480 e. The van der Waals surface area contributed by atoms with E-state index >= 15 is 0 Å². The molecule has 0 radical (unpaired) electrons. The Morgan fingerprint density at radius 3 is 2.44 bits per heavy atom.